The minimum atomic E-state index is -3.82. The molecular formula is C7H11N3O3S. The van der Waals surface area contributed by atoms with Crippen LogP contribution in [0.3, 0.4) is 0 Å². The maximum Gasteiger partial charge on any atom is 0.257 e. The van der Waals surface area contributed by atoms with Crippen LogP contribution in [0.5, 0.6) is 0 Å². The van der Waals surface area contributed by atoms with Crippen LogP contribution >= 0.6 is 0 Å². The first-order chi connectivity index (χ1) is 6.50. The van der Waals surface area contributed by atoms with Crippen molar-refractivity contribution in [3.8, 4) is 0 Å². The average Bonchev–Trinajstić information content (AvgIpc) is 2.44. The van der Waals surface area contributed by atoms with E-state index >= 15 is 0 Å². The third-order valence-electron chi connectivity index (χ3n) is 2.39. The van der Waals surface area contributed by atoms with E-state index in [-0.39, 0.29) is 5.03 Å². The molecular weight excluding hydrogens is 206 g/mol. The highest BCUT2D eigenvalue weighted by Gasteiger charge is 2.26. The SMILES string of the molecule is NS(=O)(=O)c1nn(O)c2c1CCCC2. The number of nitrogens with two attached hydrogens (primary N) is 1. The van der Waals surface area contributed by atoms with E-state index in [4.69, 9.17) is 5.14 Å². The van der Waals surface area contributed by atoms with Crippen molar-refractivity contribution < 1.29 is 13.6 Å². The molecule has 0 spiro atoms. The summed E-state index contributed by atoms with van der Waals surface area (Å²) in [5.74, 6) is 0. The predicted octanol–water partition coefficient (Wildman–Crippen LogP) is -0.353. The molecule has 7 heteroatoms. The van der Waals surface area contributed by atoms with Crippen LogP contribution in [0.1, 0.15) is 24.1 Å². The molecule has 1 aromatic heterocycles. The predicted molar refractivity (Wildman–Crippen MR) is 47.4 cm³/mol. The van der Waals surface area contributed by atoms with Gasteiger partial charge in [0.25, 0.3) is 10.0 Å². The molecule has 78 valence electrons. The van der Waals surface area contributed by atoms with Gasteiger partial charge >= 0.3 is 0 Å². The van der Waals surface area contributed by atoms with Gasteiger partial charge in [-0.3, -0.25) is 0 Å². The van der Waals surface area contributed by atoms with Crippen molar-refractivity contribution >= 4 is 10.0 Å². The Labute approximate surface area is 81.3 Å². The first-order valence-electron chi connectivity index (χ1n) is 4.33. The van der Waals surface area contributed by atoms with E-state index in [1.807, 2.05) is 0 Å². The van der Waals surface area contributed by atoms with Gasteiger partial charge in [-0.25, -0.2) is 13.6 Å². The third-order valence-corrected chi connectivity index (χ3v) is 3.26. The molecule has 0 atom stereocenters. The van der Waals surface area contributed by atoms with Crippen LogP contribution in [-0.4, -0.2) is 23.6 Å². The summed E-state index contributed by atoms with van der Waals surface area (Å²) in [4.78, 5) is 0.633. The minimum Gasteiger partial charge on any atom is -0.411 e. The summed E-state index contributed by atoms with van der Waals surface area (Å²) in [5.41, 5.74) is 1.14. The van der Waals surface area contributed by atoms with Crippen molar-refractivity contribution in [3.05, 3.63) is 11.3 Å². The second kappa shape index (κ2) is 2.96. The molecule has 0 aliphatic heterocycles. The summed E-state index contributed by atoms with van der Waals surface area (Å²) in [7, 11) is -3.82. The topological polar surface area (TPSA) is 98.2 Å². The Bertz CT molecular complexity index is 463. The molecule has 0 amide bonds. The summed E-state index contributed by atoms with van der Waals surface area (Å²) >= 11 is 0. The lowest BCUT2D eigenvalue weighted by molar-refractivity contribution is 0.135. The van der Waals surface area contributed by atoms with Crippen LogP contribution in [0.4, 0.5) is 0 Å². The lowest BCUT2D eigenvalue weighted by atomic mass is 9.98. The Morgan fingerprint density at radius 2 is 2.00 bits per heavy atom. The van der Waals surface area contributed by atoms with Crippen molar-refractivity contribution in [2.75, 3.05) is 0 Å². The maximum atomic E-state index is 11.1. The molecule has 2 rings (SSSR count). The van der Waals surface area contributed by atoms with Crippen molar-refractivity contribution in [2.45, 2.75) is 30.7 Å². The van der Waals surface area contributed by atoms with Gasteiger partial charge in [-0.15, -0.1) is 9.94 Å². The van der Waals surface area contributed by atoms with E-state index in [9.17, 15) is 13.6 Å². The highest BCUT2D eigenvalue weighted by Crippen LogP contribution is 2.25. The van der Waals surface area contributed by atoms with E-state index in [1.54, 1.807) is 0 Å². The number of primary sulfonamides is 1. The van der Waals surface area contributed by atoms with Gasteiger partial charge < -0.3 is 5.21 Å². The van der Waals surface area contributed by atoms with E-state index in [1.165, 1.54) is 0 Å². The molecule has 0 unspecified atom stereocenters. The largest absolute Gasteiger partial charge is 0.411 e. The fourth-order valence-electron chi connectivity index (χ4n) is 1.78. The smallest absolute Gasteiger partial charge is 0.257 e. The normalized spacial score (nSPS) is 16.6. The van der Waals surface area contributed by atoms with Gasteiger partial charge in [0.2, 0.25) is 0 Å². The third kappa shape index (κ3) is 1.38. The fraction of sp³-hybridized carbons (Fsp3) is 0.571. The number of fused-ring (bicyclic) bond motifs is 1. The van der Waals surface area contributed by atoms with Crippen molar-refractivity contribution in [2.24, 2.45) is 5.14 Å². The first-order valence-corrected chi connectivity index (χ1v) is 5.87. The van der Waals surface area contributed by atoms with Crippen LogP contribution in [0.2, 0.25) is 0 Å². The standard InChI is InChI=1S/C7H11N3O3S/c8-14(12,13)7-5-3-1-2-4-6(5)10(11)9-7/h11H,1-4H2,(H2,8,12,13). The Kier molecular flexibility index (Phi) is 2.00. The summed E-state index contributed by atoms with van der Waals surface area (Å²) in [6, 6.07) is 0. The van der Waals surface area contributed by atoms with Crippen molar-refractivity contribution in [1.29, 1.82) is 0 Å². The van der Waals surface area contributed by atoms with Gasteiger partial charge in [-0.05, 0) is 25.7 Å². The van der Waals surface area contributed by atoms with E-state index in [0.717, 1.165) is 12.8 Å². The number of hydrogen-bond donors (Lipinski definition) is 2. The average molecular weight is 217 g/mol. The number of sulfonamides is 1. The van der Waals surface area contributed by atoms with Gasteiger partial charge in [0.1, 0.15) is 0 Å². The summed E-state index contributed by atoms with van der Waals surface area (Å²) in [5, 5.41) is 17.6. The number of rotatable bonds is 1. The van der Waals surface area contributed by atoms with Gasteiger partial charge in [-0.2, -0.15) is 0 Å². The lowest BCUT2D eigenvalue weighted by Crippen LogP contribution is -2.15. The maximum absolute atomic E-state index is 11.1. The Morgan fingerprint density at radius 1 is 1.36 bits per heavy atom. The molecule has 3 N–H and O–H groups in total. The highest BCUT2D eigenvalue weighted by atomic mass is 32.2. The number of nitrogens with zero attached hydrogens (tertiary/aromatic N) is 2. The minimum absolute atomic E-state index is 0.185. The molecule has 0 bridgehead atoms. The molecule has 0 aromatic carbocycles. The second-order valence-electron chi connectivity index (χ2n) is 3.37. The molecule has 1 aromatic rings. The molecule has 6 nitrogen and oxygen atoms in total. The van der Waals surface area contributed by atoms with E-state index in [2.05, 4.69) is 5.10 Å². The molecule has 0 fully saturated rings. The fourth-order valence-corrected chi connectivity index (χ4v) is 2.53. The molecule has 1 aliphatic carbocycles. The Balaban J connectivity index is 2.64. The van der Waals surface area contributed by atoms with Gasteiger partial charge in [0, 0.05) is 5.56 Å². The second-order valence-corrected chi connectivity index (χ2v) is 4.85. The molecule has 1 aliphatic rings. The van der Waals surface area contributed by atoms with E-state index in [0.29, 0.717) is 28.9 Å². The molecule has 14 heavy (non-hydrogen) atoms. The van der Waals surface area contributed by atoms with Gasteiger partial charge in [0.15, 0.2) is 5.03 Å². The van der Waals surface area contributed by atoms with Crippen molar-refractivity contribution in [3.63, 3.8) is 0 Å². The van der Waals surface area contributed by atoms with Crippen LogP contribution < -0.4 is 5.14 Å². The lowest BCUT2D eigenvalue weighted by Gasteiger charge is -2.10. The number of aromatic nitrogens is 2. The van der Waals surface area contributed by atoms with E-state index < -0.39 is 10.0 Å². The monoisotopic (exact) mass is 217 g/mol. The molecule has 0 radical (unpaired) electrons. The zero-order chi connectivity index (χ0) is 10.3. The molecule has 1 heterocycles. The summed E-state index contributed by atoms with van der Waals surface area (Å²) < 4.78 is 22.2. The zero-order valence-corrected chi connectivity index (χ0v) is 8.29. The van der Waals surface area contributed by atoms with Crippen LogP contribution in [0.15, 0.2) is 5.03 Å². The number of hydrogen-bond acceptors (Lipinski definition) is 4. The Morgan fingerprint density at radius 3 is 2.64 bits per heavy atom. The quantitative estimate of drug-likeness (QED) is 0.628. The zero-order valence-electron chi connectivity index (χ0n) is 7.47. The molecule has 0 saturated heterocycles. The van der Waals surface area contributed by atoms with Crippen LogP contribution in [0.25, 0.3) is 0 Å². The van der Waals surface area contributed by atoms with Gasteiger partial charge in [0.05, 0.1) is 5.69 Å². The van der Waals surface area contributed by atoms with Crippen LogP contribution in [0, 0.1) is 0 Å². The highest BCUT2D eigenvalue weighted by molar-refractivity contribution is 7.89. The Hall–Kier alpha value is -1.08. The van der Waals surface area contributed by atoms with Crippen molar-refractivity contribution in [1.82, 2.24) is 9.94 Å². The molecule has 0 saturated carbocycles. The first kappa shape index (κ1) is 9.47. The summed E-state index contributed by atoms with van der Waals surface area (Å²) in [6.07, 6.45) is 3.10. The van der Waals surface area contributed by atoms with Gasteiger partial charge in [-0.1, -0.05) is 0 Å². The summed E-state index contributed by atoms with van der Waals surface area (Å²) in [6.45, 7) is 0. The van der Waals surface area contributed by atoms with Crippen LogP contribution in [-0.2, 0) is 22.9 Å².